The zero-order chi connectivity index (χ0) is 13.2. The Kier molecular flexibility index (Phi) is 2.83. The Morgan fingerprint density at radius 1 is 1.05 bits per heavy atom. The van der Waals surface area contributed by atoms with Crippen molar-refractivity contribution < 1.29 is 19.0 Å². The number of fused-ring (bicyclic) bond motifs is 1. The van der Waals surface area contributed by atoms with Crippen LogP contribution in [-0.2, 0) is 0 Å². The maximum atomic E-state index is 11.9. The molecule has 0 fully saturated rings. The minimum absolute atomic E-state index is 0.199. The zero-order valence-electron chi connectivity index (χ0n) is 10.4. The third-order valence-corrected chi connectivity index (χ3v) is 2.84. The summed E-state index contributed by atoms with van der Waals surface area (Å²) in [6.07, 6.45) is 0. The molecule has 1 heterocycles. The molecule has 0 saturated carbocycles. The number of benzene rings is 2. The average Bonchev–Trinajstić information content (AvgIpc) is 2.87. The SMILES string of the molecule is Cc1ccc(C(=O)Oc2ccc3c(c2)OCO3)cc1. The van der Waals surface area contributed by atoms with Crippen LogP contribution in [0.5, 0.6) is 17.2 Å². The Bertz CT molecular complexity index is 617. The highest BCUT2D eigenvalue weighted by atomic mass is 16.7. The van der Waals surface area contributed by atoms with E-state index in [9.17, 15) is 4.79 Å². The van der Waals surface area contributed by atoms with Crippen molar-refractivity contribution in [3.05, 3.63) is 53.6 Å². The van der Waals surface area contributed by atoms with Crippen LogP contribution < -0.4 is 14.2 Å². The Morgan fingerprint density at radius 3 is 2.58 bits per heavy atom. The van der Waals surface area contributed by atoms with Gasteiger partial charge in [-0.15, -0.1) is 0 Å². The molecule has 0 N–H and O–H groups in total. The van der Waals surface area contributed by atoms with Crippen molar-refractivity contribution in [3.8, 4) is 17.2 Å². The summed E-state index contributed by atoms with van der Waals surface area (Å²) in [5.74, 6) is 1.30. The van der Waals surface area contributed by atoms with Crippen LogP contribution in [-0.4, -0.2) is 12.8 Å². The number of aryl methyl sites for hydroxylation is 1. The van der Waals surface area contributed by atoms with Crippen molar-refractivity contribution in [1.29, 1.82) is 0 Å². The molecule has 96 valence electrons. The van der Waals surface area contributed by atoms with Gasteiger partial charge < -0.3 is 14.2 Å². The lowest BCUT2D eigenvalue weighted by Crippen LogP contribution is -2.08. The van der Waals surface area contributed by atoms with Crippen LogP contribution in [0.3, 0.4) is 0 Å². The first kappa shape index (κ1) is 11.6. The highest BCUT2D eigenvalue weighted by Crippen LogP contribution is 2.35. The smallest absolute Gasteiger partial charge is 0.343 e. The lowest BCUT2D eigenvalue weighted by molar-refractivity contribution is 0.0734. The summed E-state index contributed by atoms with van der Waals surface area (Å²) in [5, 5.41) is 0. The average molecular weight is 256 g/mol. The van der Waals surface area contributed by atoms with Gasteiger partial charge in [-0.1, -0.05) is 17.7 Å². The van der Waals surface area contributed by atoms with Crippen LogP contribution in [0, 0.1) is 6.92 Å². The Morgan fingerprint density at radius 2 is 1.79 bits per heavy atom. The molecule has 1 aliphatic rings. The maximum absolute atomic E-state index is 11.9. The van der Waals surface area contributed by atoms with Crippen molar-refractivity contribution in [2.75, 3.05) is 6.79 Å². The van der Waals surface area contributed by atoms with E-state index in [-0.39, 0.29) is 12.8 Å². The molecule has 4 heteroatoms. The van der Waals surface area contributed by atoms with Crippen LogP contribution in [0.2, 0.25) is 0 Å². The van der Waals surface area contributed by atoms with Gasteiger partial charge in [-0.3, -0.25) is 0 Å². The lowest BCUT2D eigenvalue weighted by Gasteiger charge is -2.05. The van der Waals surface area contributed by atoms with Gasteiger partial charge in [0.25, 0.3) is 0 Å². The van der Waals surface area contributed by atoms with E-state index in [1.54, 1.807) is 30.3 Å². The predicted octanol–water partition coefficient (Wildman–Crippen LogP) is 2.94. The summed E-state index contributed by atoms with van der Waals surface area (Å²) < 4.78 is 15.7. The van der Waals surface area contributed by atoms with Crippen LogP contribution in [0.15, 0.2) is 42.5 Å². The second-order valence-corrected chi connectivity index (χ2v) is 4.27. The van der Waals surface area contributed by atoms with Crippen molar-refractivity contribution in [1.82, 2.24) is 0 Å². The summed E-state index contributed by atoms with van der Waals surface area (Å²) in [6, 6.07) is 12.3. The molecule has 0 spiro atoms. The number of ether oxygens (including phenoxy) is 3. The van der Waals surface area contributed by atoms with Crippen molar-refractivity contribution >= 4 is 5.97 Å². The first-order valence-corrected chi connectivity index (χ1v) is 5.91. The normalized spacial score (nSPS) is 12.3. The quantitative estimate of drug-likeness (QED) is 0.612. The first-order chi connectivity index (χ1) is 9.22. The second kappa shape index (κ2) is 4.65. The summed E-state index contributed by atoms with van der Waals surface area (Å²) in [6.45, 7) is 2.16. The standard InChI is InChI=1S/C15H12O4/c1-10-2-4-11(5-3-10)15(16)19-12-6-7-13-14(8-12)18-9-17-13/h2-8H,9H2,1H3. The van der Waals surface area contributed by atoms with Gasteiger partial charge in [0.15, 0.2) is 11.5 Å². The van der Waals surface area contributed by atoms with Crippen molar-refractivity contribution in [2.24, 2.45) is 0 Å². The van der Waals surface area contributed by atoms with Crippen molar-refractivity contribution in [3.63, 3.8) is 0 Å². The van der Waals surface area contributed by atoms with Gasteiger partial charge in [0.1, 0.15) is 5.75 Å². The molecule has 0 unspecified atom stereocenters. The number of esters is 1. The molecule has 0 aliphatic carbocycles. The van der Waals surface area contributed by atoms with Crippen LogP contribution >= 0.6 is 0 Å². The van der Waals surface area contributed by atoms with Gasteiger partial charge >= 0.3 is 5.97 Å². The topological polar surface area (TPSA) is 44.8 Å². The molecule has 0 amide bonds. The molecule has 0 atom stereocenters. The molecule has 2 aromatic rings. The monoisotopic (exact) mass is 256 g/mol. The number of carbonyl (C=O) groups excluding carboxylic acids is 1. The van der Waals surface area contributed by atoms with E-state index >= 15 is 0 Å². The predicted molar refractivity (Wildman–Crippen MR) is 68.7 cm³/mol. The van der Waals surface area contributed by atoms with Gasteiger partial charge in [-0.05, 0) is 31.2 Å². The summed E-state index contributed by atoms with van der Waals surface area (Å²) in [4.78, 5) is 11.9. The number of rotatable bonds is 2. The summed E-state index contributed by atoms with van der Waals surface area (Å²) in [7, 11) is 0. The number of hydrogen-bond donors (Lipinski definition) is 0. The van der Waals surface area contributed by atoms with Gasteiger partial charge in [0, 0.05) is 6.07 Å². The van der Waals surface area contributed by atoms with Crippen LogP contribution in [0.1, 0.15) is 15.9 Å². The van der Waals surface area contributed by atoms with E-state index in [4.69, 9.17) is 14.2 Å². The molecule has 2 aromatic carbocycles. The third kappa shape index (κ3) is 2.38. The van der Waals surface area contributed by atoms with Crippen molar-refractivity contribution in [2.45, 2.75) is 6.92 Å². The summed E-state index contributed by atoms with van der Waals surface area (Å²) >= 11 is 0. The molecule has 0 saturated heterocycles. The van der Waals surface area contributed by atoms with Gasteiger partial charge in [0.05, 0.1) is 5.56 Å². The molecule has 4 nitrogen and oxygen atoms in total. The van der Waals surface area contributed by atoms with E-state index in [1.807, 2.05) is 19.1 Å². The highest BCUT2D eigenvalue weighted by Gasteiger charge is 2.15. The summed E-state index contributed by atoms with van der Waals surface area (Å²) in [5.41, 5.74) is 1.61. The third-order valence-electron chi connectivity index (χ3n) is 2.84. The molecule has 0 radical (unpaired) electrons. The molecule has 0 bridgehead atoms. The van der Waals surface area contributed by atoms with E-state index in [0.717, 1.165) is 5.56 Å². The first-order valence-electron chi connectivity index (χ1n) is 5.91. The number of hydrogen-bond acceptors (Lipinski definition) is 4. The minimum atomic E-state index is -0.390. The maximum Gasteiger partial charge on any atom is 0.343 e. The molecular formula is C15H12O4. The molecule has 19 heavy (non-hydrogen) atoms. The minimum Gasteiger partial charge on any atom is -0.454 e. The zero-order valence-corrected chi connectivity index (χ0v) is 10.4. The molecule has 0 aromatic heterocycles. The van der Waals surface area contributed by atoms with E-state index in [1.165, 1.54) is 0 Å². The number of carbonyl (C=O) groups is 1. The molecule has 3 rings (SSSR count). The fourth-order valence-corrected chi connectivity index (χ4v) is 1.80. The molecule has 1 aliphatic heterocycles. The van der Waals surface area contributed by atoms with E-state index in [0.29, 0.717) is 22.8 Å². The lowest BCUT2D eigenvalue weighted by atomic mass is 10.1. The second-order valence-electron chi connectivity index (χ2n) is 4.27. The Hall–Kier alpha value is -2.49. The van der Waals surface area contributed by atoms with Crippen LogP contribution in [0.25, 0.3) is 0 Å². The fraction of sp³-hybridized carbons (Fsp3) is 0.133. The van der Waals surface area contributed by atoms with Gasteiger partial charge in [-0.2, -0.15) is 0 Å². The highest BCUT2D eigenvalue weighted by molar-refractivity contribution is 5.91. The van der Waals surface area contributed by atoms with Crippen LogP contribution in [0.4, 0.5) is 0 Å². The van der Waals surface area contributed by atoms with E-state index in [2.05, 4.69) is 0 Å². The Labute approximate surface area is 110 Å². The van der Waals surface area contributed by atoms with E-state index < -0.39 is 0 Å². The Balaban J connectivity index is 1.77. The molecular weight excluding hydrogens is 244 g/mol. The van der Waals surface area contributed by atoms with Gasteiger partial charge in [-0.25, -0.2) is 4.79 Å². The van der Waals surface area contributed by atoms with Gasteiger partial charge in [0.2, 0.25) is 6.79 Å². The largest absolute Gasteiger partial charge is 0.454 e. The fourth-order valence-electron chi connectivity index (χ4n) is 1.80.